The minimum atomic E-state index is -2.07. The Morgan fingerprint density at radius 1 is 1.00 bits per heavy atom. The molecule has 0 saturated heterocycles. The van der Waals surface area contributed by atoms with E-state index in [9.17, 15) is 21.8 Å². The average Bonchev–Trinajstić information content (AvgIpc) is 2.49. The van der Waals surface area contributed by atoms with Crippen molar-refractivity contribution in [3.05, 3.63) is 59.2 Å². The molecule has 0 aromatic heterocycles. The lowest BCUT2D eigenvalue weighted by atomic mass is 10.2. The van der Waals surface area contributed by atoms with Gasteiger partial charge in [-0.15, -0.1) is 0 Å². The molecule has 8 heteroatoms. The maximum atomic E-state index is 13.7. The van der Waals surface area contributed by atoms with Crippen molar-refractivity contribution in [1.82, 2.24) is 0 Å². The molecule has 0 aliphatic heterocycles. The molecule has 2 aromatic carbocycles. The van der Waals surface area contributed by atoms with E-state index >= 15 is 0 Å². The van der Waals surface area contributed by atoms with Crippen LogP contribution in [0.25, 0.3) is 0 Å². The second-order valence-electron chi connectivity index (χ2n) is 4.01. The highest BCUT2D eigenvalue weighted by Gasteiger charge is 2.13. The molecule has 0 aliphatic rings. The summed E-state index contributed by atoms with van der Waals surface area (Å²) in [5.74, 6) is -3.44. The summed E-state index contributed by atoms with van der Waals surface area (Å²) in [5.41, 5.74) is -0.454. The molecule has 0 heterocycles. The minimum Gasteiger partial charge on any atom is -0.412 e. The van der Waals surface area contributed by atoms with Gasteiger partial charge in [0.2, 0.25) is 0 Å². The molecular formula is C15H19F4NO2S. The zero-order valence-corrected chi connectivity index (χ0v) is 13.5. The summed E-state index contributed by atoms with van der Waals surface area (Å²) in [6.45, 7) is 5.22. The summed E-state index contributed by atoms with van der Waals surface area (Å²) >= 11 is 0. The van der Waals surface area contributed by atoms with Crippen molar-refractivity contribution in [1.29, 1.82) is 0 Å². The van der Waals surface area contributed by atoms with E-state index in [1.807, 2.05) is 13.8 Å². The van der Waals surface area contributed by atoms with Gasteiger partial charge in [0.15, 0.2) is 16.8 Å². The van der Waals surface area contributed by atoms with Crippen molar-refractivity contribution in [2.75, 3.05) is 4.72 Å². The number of anilines is 1. The van der Waals surface area contributed by atoms with Crippen LogP contribution in [0.1, 0.15) is 20.8 Å². The van der Waals surface area contributed by atoms with Gasteiger partial charge in [-0.2, -0.15) is 0 Å². The van der Waals surface area contributed by atoms with Gasteiger partial charge in [-0.05, 0) is 31.2 Å². The maximum Gasteiger partial charge on any atom is 0.153 e. The van der Waals surface area contributed by atoms with Crippen molar-refractivity contribution in [2.45, 2.75) is 25.7 Å². The first-order valence-electron chi connectivity index (χ1n) is 6.47. The third-order valence-corrected chi connectivity index (χ3v) is 3.64. The van der Waals surface area contributed by atoms with E-state index in [-0.39, 0.29) is 23.0 Å². The van der Waals surface area contributed by atoms with Crippen LogP contribution in [0.4, 0.5) is 23.2 Å². The molecule has 23 heavy (non-hydrogen) atoms. The number of halogens is 4. The van der Waals surface area contributed by atoms with E-state index in [1.54, 1.807) is 0 Å². The number of rotatable bonds is 3. The Morgan fingerprint density at radius 3 is 2.04 bits per heavy atom. The highest BCUT2D eigenvalue weighted by atomic mass is 32.2. The first-order valence-corrected chi connectivity index (χ1v) is 7.62. The smallest absolute Gasteiger partial charge is 0.153 e. The Kier molecular flexibility index (Phi) is 8.49. The summed E-state index contributed by atoms with van der Waals surface area (Å²) in [6.07, 6.45) is 0. The van der Waals surface area contributed by atoms with Crippen LogP contribution in [0.5, 0.6) is 0 Å². The predicted octanol–water partition coefficient (Wildman–Crippen LogP) is 4.13. The van der Waals surface area contributed by atoms with Crippen LogP contribution in [-0.2, 0) is 11.0 Å². The van der Waals surface area contributed by atoms with E-state index in [1.165, 1.54) is 6.92 Å². The Hall–Kier alpha value is -1.93. The third-order valence-electron chi connectivity index (χ3n) is 2.57. The van der Waals surface area contributed by atoms with Crippen LogP contribution >= 0.6 is 0 Å². The zero-order valence-electron chi connectivity index (χ0n) is 12.7. The maximum absolute atomic E-state index is 13.7. The van der Waals surface area contributed by atoms with Crippen LogP contribution in [-0.4, -0.2) is 9.69 Å². The largest absolute Gasteiger partial charge is 0.412 e. The van der Waals surface area contributed by atoms with Gasteiger partial charge in [0, 0.05) is 13.1 Å². The molecular weight excluding hydrogens is 334 g/mol. The van der Waals surface area contributed by atoms with E-state index < -0.39 is 34.3 Å². The first kappa shape index (κ1) is 21.1. The lowest BCUT2D eigenvalue weighted by molar-refractivity contribution is 0.571. The fraction of sp³-hybridized carbons (Fsp3) is 0.200. The molecule has 2 rings (SSSR count). The topological polar surface area (TPSA) is 60.6 Å². The molecule has 2 aromatic rings. The second kappa shape index (κ2) is 9.26. The molecule has 1 atom stereocenters. The predicted molar refractivity (Wildman–Crippen MR) is 84.6 cm³/mol. The lowest BCUT2D eigenvalue weighted by Gasteiger charge is -2.09. The third kappa shape index (κ3) is 5.33. The fourth-order valence-corrected chi connectivity index (χ4v) is 2.45. The van der Waals surface area contributed by atoms with Crippen LogP contribution in [0.2, 0.25) is 0 Å². The van der Waals surface area contributed by atoms with Gasteiger partial charge in [0.05, 0.1) is 10.6 Å². The van der Waals surface area contributed by atoms with Gasteiger partial charge >= 0.3 is 0 Å². The van der Waals surface area contributed by atoms with Crippen LogP contribution in [0.15, 0.2) is 35.2 Å². The summed E-state index contributed by atoms with van der Waals surface area (Å²) in [7, 11) is -2.07. The van der Waals surface area contributed by atoms with Crippen LogP contribution in [0, 0.1) is 30.2 Å². The molecule has 0 spiro atoms. The van der Waals surface area contributed by atoms with E-state index in [0.29, 0.717) is 6.07 Å². The number of nitrogens with one attached hydrogen (secondary N) is 1. The van der Waals surface area contributed by atoms with Crippen molar-refractivity contribution in [3.8, 4) is 0 Å². The Morgan fingerprint density at radius 2 is 1.52 bits per heavy atom. The van der Waals surface area contributed by atoms with E-state index in [4.69, 9.17) is 0 Å². The minimum absolute atomic E-state index is 0. The Labute approximate surface area is 135 Å². The average molecular weight is 353 g/mol. The van der Waals surface area contributed by atoms with Crippen molar-refractivity contribution >= 4 is 16.7 Å². The fourth-order valence-electron chi connectivity index (χ4n) is 1.53. The number of hydrogen-bond donors (Lipinski definition) is 1. The molecule has 0 fully saturated rings. The van der Waals surface area contributed by atoms with Crippen LogP contribution in [0.3, 0.4) is 0 Å². The molecule has 0 aliphatic carbocycles. The van der Waals surface area contributed by atoms with Gasteiger partial charge in [0.1, 0.15) is 17.5 Å². The van der Waals surface area contributed by atoms with E-state index in [0.717, 1.165) is 24.3 Å². The van der Waals surface area contributed by atoms with Crippen molar-refractivity contribution < 1.29 is 28.7 Å². The Balaban J connectivity index is 0. The van der Waals surface area contributed by atoms with Gasteiger partial charge in [0.25, 0.3) is 0 Å². The van der Waals surface area contributed by atoms with Gasteiger partial charge in [-0.3, -0.25) is 4.72 Å². The highest BCUT2D eigenvalue weighted by Crippen LogP contribution is 2.22. The SMILES string of the molecule is CC.Cc1c(F)ccc(NS(=O)c2cc(F)cc(F)c2)c1F.O.[HH]. The Bertz CT molecular complexity index is 681. The summed E-state index contributed by atoms with van der Waals surface area (Å²) in [6, 6.07) is 4.42. The quantitative estimate of drug-likeness (QED) is 0.829. The van der Waals surface area contributed by atoms with Crippen molar-refractivity contribution in [3.63, 3.8) is 0 Å². The molecule has 0 saturated carbocycles. The molecule has 0 radical (unpaired) electrons. The summed E-state index contributed by atoms with van der Waals surface area (Å²) < 4.78 is 66.9. The lowest BCUT2D eigenvalue weighted by Crippen LogP contribution is -2.08. The first-order chi connectivity index (χ1) is 10.4. The van der Waals surface area contributed by atoms with Crippen molar-refractivity contribution in [2.24, 2.45) is 0 Å². The molecule has 0 bridgehead atoms. The number of benzene rings is 2. The molecule has 3 nitrogen and oxygen atoms in total. The van der Waals surface area contributed by atoms with Gasteiger partial charge < -0.3 is 5.48 Å². The van der Waals surface area contributed by atoms with Gasteiger partial charge in [-0.1, -0.05) is 13.8 Å². The zero-order chi connectivity index (χ0) is 16.9. The molecule has 0 amide bonds. The van der Waals surface area contributed by atoms with Crippen LogP contribution < -0.4 is 4.72 Å². The highest BCUT2D eigenvalue weighted by molar-refractivity contribution is 7.86. The monoisotopic (exact) mass is 353 g/mol. The summed E-state index contributed by atoms with van der Waals surface area (Å²) in [4.78, 5) is -0.191. The van der Waals surface area contributed by atoms with Gasteiger partial charge in [-0.25, -0.2) is 21.8 Å². The van der Waals surface area contributed by atoms with E-state index in [2.05, 4.69) is 4.72 Å². The standard InChI is InChI=1S/C13H9F4NOS.C2H6.H2O.H2/c1-7-11(16)2-3-12(13(7)17)18-20(19)10-5-8(14)4-9(15)6-10;1-2;;/h2-6,18H,1H3;1-2H3;1H2;1H. The normalized spacial score (nSPS) is 10.9. The molecule has 130 valence electrons. The number of hydrogen-bond acceptors (Lipinski definition) is 1. The summed E-state index contributed by atoms with van der Waals surface area (Å²) in [5, 5.41) is 0. The molecule has 3 N–H and O–H groups in total. The second-order valence-corrected chi connectivity index (χ2v) is 5.22. The molecule has 1 unspecified atom stereocenters.